The molecule has 0 radical (unpaired) electrons. The van der Waals surface area contributed by atoms with Crippen LogP contribution in [-0.2, 0) is 10.2 Å². The molecule has 0 N–H and O–H groups in total. The van der Waals surface area contributed by atoms with Crippen LogP contribution in [0.2, 0.25) is 0 Å². The summed E-state index contributed by atoms with van der Waals surface area (Å²) in [7, 11) is 1.51. The summed E-state index contributed by atoms with van der Waals surface area (Å²) in [6.45, 7) is 11.2. The Morgan fingerprint density at radius 2 is 1.67 bits per heavy atom. The van der Waals surface area contributed by atoms with Gasteiger partial charge in [-0.1, -0.05) is 51.1 Å². The fraction of sp³-hybridized carbons (Fsp3) is 0.400. The molecule has 2 heterocycles. The fourth-order valence-electron chi connectivity index (χ4n) is 3.98. The second-order valence-corrected chi connectivity index (χ2v) is 8.81. The molecule has 1 aliphatic rings. The molecule has 4 rings (SSSR count). The first-order chi connectivity index (χ1) is 14.3. The van der Waals surface area contributed by atoms with E-state index in [-0.39, 0.29) is 16.6 Å². The summed E-state index contributed by atoms with van der Waals surface area (Å²) in [4.78, 5) is 15.2. The Morgan fingerprint density at radius 1 is 1.00 bits per heavy atom. The lowest BCUT2D eigenvalue weighted by Crippen LogP contribution is -2.37. The van der Waals surface area contributed by atoms with Crippen LogP contribution in [0.1, 0.15) is 31.9 Å². The topological polar surface area (TPSA) is 51.9 Å². The zero-order valence-electron chi connectivity index (χ0n) is 18.4. The minimum absolute atomic E-state index is 0.105. The van der Waals surface area contributed by atoms with Crippen molar-refractivity contribution in [2.24, 2.45) is 0 Å². The van der Waals surface area contributed by atoms with Crippen molar-refractivity contribution < 1.29 is 13.9 Å². The normalized spacial score (nSPS) is 14.9. The molecule has 0 aliphatic carbocycles. The Labute approximate surface area is 177 Å². The first kappa shape index (κ1) is 20.5. The van der Waals surface area contributed by atoms with Gasteiger partial charge in [-0.3, -0.25) is 4.79 Å². The van der Waals surface area contributed by atoms with Crippen molar-refractivity contribution in [2.45, 2.75) is 33.1 Å². The summed E-state index contributed by atoms with van der Waals surface area (Å²) >= 11 is 0. The van der Waals surface area contributed by atoms with Crippen LogP contribution in [0.4, 0.5) is 5.88 Å². The molecular formula is C25H29NO4. The van der Waals surface area contributed by atoms with Gasteiger partial charge in [0.15, 0.2) is 0 Å². The Bertz CT molecular complexity index is 1120. The number of anilines is 1. The molecule has 158 valence electrons. The van der Waals surface area contributed by atoms with Crippen LogP contribution >= 0.6 is 0 Å². The number of benzene rings is 2. The van der Waals surface area contributed by atoms with Crippen LogP contribution in [0.15, 0.2) is 45.6 Å². The van der Waals surface area contributed by atoms with Crippen molar-refractivity contribution in [1.29, 1.82) is 0 Å². The molecule has 3 aromatic rings. The molecule has 1 aliphatic heterocycles. The molecule has 5 heteroatoms. The average molecular weight is 408 g/mol. The molecule has 0 unspecified atom stereocenters. The van der Waals surface area contributed by atoms with Gasteiger partial charge in [-0.2, -0.15) is 0 Å². The third-order valence-electron chi connectivity index (χ3n) is 5.81. The smallest absolute Gasteiger partial charge is 0.243 e. The molecule has 1 fully saturated rings. The van der Waals surface area contributed by atoms with Gasteiger partial charge in [0.2, 0.25) is 17.1 Å². The van der Waals surface area contributed by atoms with Gasteiger partial charge in [-0.05, 0) is 35.1 Å². The van der Waals surface area contributed by atoms with E-state index in [1.54, 1.807) is 0 Å². The van der Waals surface area contributed by atoms with Crippen molar-refractivity contribution in [1.82, 2.24) is 0 Å². The lowest BCUT2D eigenvalue weighted by molar-refractivity contribution is 0.120. The number of morpholine rings is 1. The maximum absolute atomic E-state index is 13.1. The van der Waals surface area contributed by atoms with Crippen molar-refractivity contribution in [3.63, 3.8) is 0 Å². The molecular weight excluding hydrogens is 378 g/mol. The van der Waals surface area contributed by atoms with E-state index in [4.69, 9.17) is 13.9 Å². The largest absolute Gasteiger partial charge is 0.488 e. The Morgan fingerprint density at radius 3 is 2.27 bits per heavy atom. The Balaban J connectivity index is 1.86. The van der Waals surface area contributed by atoms with Gasteiger partial charge in [0, 0.05) is 18.7 Å². The standard InChI is InChI=1S/C25H29NO4/c1-16-19(17-6-8-18(9-7-17)25(2,3)4)10-11-20-21(27)23(28-5)24(30-22(16)20)26-12-14-29-15-13-26/h6-11H,12-15H2,1-5H3. The summed E-state index contributed by atoms with van der Waals surface area (Å²) in [6.07, 6.45) is 0. The van der Waals surface area contributed by atoms with Crippen molar-refractivity contribution >= 4 is 16.9 Å². The summed E-state index contributed by atoms with van der Waals surface area (Å²) in [6, 6.07) is 12.4. The van der Waals surface area contributed by atoms with Gasteiger partial charge in [-0.25, -0.2) is 0 Å². The van der Waals surface area contributed by atoms with E-state index in [1.165, 1.54) is 12.7 Å². The average Bonchev–Trinajstić information content (AvgIpc) is 2.74. The minimum atomic E-state index is -0.141. The minimum Gasteiger partial charge on any atom is -0.488 e. The third-order valence-corrected chi connectivity index (χ3v) is 5.81. The van der Waals surface area contributed by atoms with Crippen LogP contribution in [0.25, 0.3) is 22.1 Å². The SMILES string of the molecule is COc1c(N2CCOCC2)oc2c(C)c(-c3ccc(C(C)(C)C)cc3)ccc2c1=O. The first-order valence-corrected chi connectivity index (χ1v) is 10.4. The van der Waals surface area contributed by atoms with E-state index >= 15 is 0 Å². The van der Waals surface area contributed by atoms with Crippen LogP contribution in [0.3, 0.4) is 0 Å². The van der Waals surface area contributed by atoms with E-state index in [9.17, 15) is 4.79 Å². The maximum Gasteiger partial charge on any atom is 0.243 e. The first-order valence-electron chi connectivity index (χ1n) is 10.4. The van der Waals surface area contributed by atoms with E-state index < -0.39 is 0 Å². The van der Waals surface area contributed by atoms with E-state index in [2.05, 4.69) is 45.0 Å². The highest BCUT2D eigenvalue weighted by molar-refractivity contribution is 5.89. The number of nitrogens with zero attached hydrogens (tertiary/aromatic N) is 1. The summed E-state index contributed by atoms with van der Waals surface area (Å²) in [5.74, 6) is 0.743. The van der Waals surface area contributed by atoms with Gasteiger partial charge >= 0.3 is 0 Å². The molecule has 5 nitrogen and oxygen atoms in total. The maximum atomic E-state index is 13.1. The molecule has 0 amide bonds. The second-order valence-electron chi connectivity index (χ2n) is 8.81. The number of methoxy groups -OCH3 is 1. The number of hydrogen-bond donors (Lipinski definition) is 0. The lowest BCUT2D eigenvalue weighted by Gasteiger charge is -2.28. The summed E-state index contributed by atoms with van der Waals surface area (Å²) < 4.78 is 17.2. The van der Waals surface area contributed by atoms with Gasteiger partial charge in [-0.15, -0.1) is 0 Å². The number of rotatable bonds is 3. The molecule has 0 spiro atoms. The number of hydrogen-bond acceptors (Lipinski definition) is 5. The number of ether oxygens (including phenoxy) is 2. The highest BCUT2D eigenvalue weighted by Gasteiger charge is 2.24. The predicted molar refractivity (Wildman–Crippen MR) is 121 cm³/mol. The molecule has 2 aromatic carbocycles. The van der Waals surface area contributed by atoms with Gasteiger partial charge in [0.25, 0.3) is 0 Å². The highest BCUT2D eigenvalue weighted by atomic mass is 16.5. The van der Waals surface area contributed by atoms with Gasteiger partial charge in [0.05, 0.1) is 25.7 Å². The van der Waals surface area contributed by atoms with Crippen LogP contribution in [0, 0.1) is 6.92 Å². The Hall–Kier alpha value is -2.79. The molecule has 1 aromatic heterocycles. The monoisotopic (exact) mass is 407 g/mol. The zero-order chi connectivity index (χ0) is 21.5. The summed E-state index contributed by atoms with van der Waals surface area (Å²) in [5.41, 5.74) is 4.98. The van der Waals surface area contributed by atoms with Crippen molar-refractivity contribution in [2.75, 3.05) is 38.3 Å². The van der Waals surface area contributed by atoms with E-state index in [0.29, 0.717) is 43.2 Å². The van der Waals surface area contributed by atoms with E-state index in [1.807, 2.05) is 24.0 Å². The molecule has 0 atom stereocenters. The molecule has 1 saturated heterocycles. The van der Waals surface area contributed by atoms with Crippen molar-refractivity contribution in [3.8, 4) is 16.9 Å². The fourth-order valence-corrected chi connectivity index (χ4v) is 3.98. The second kappa shape index (κ2) is 7.80. The molecule has 0 saturated carbocycles. The van der Waals surface area contributed by atoms with Crippen LogP contribution in [0.5, 0.6) is 5.75 Å². The Kier molecular flexibility index (Phi) is 5.33. The number of fused-ring (bicyclic) bond motifs is 1. The number of aryl methyl sites for hydroxylation is 1. The highest BCUT2D eigenvalue weighted by Crippen LogP contribution is 2.35. The van der Waals surface area contributed by atoms with Crippen molar-refractivity contribution in [3.05, 3.63) is 57.7 Å². The van der Waals surface area contributed by atoms with E-state index in [0.717, 1.165) is 16.7 Å². The predicted octanol–water partition coefficient (Wildman–Crippen LogP) is 4.91. The summed E-state index contributed by atoms with van der Waals surface area (Å²) in [5, 5.41) is 0.538. The molecule has 0 bridgehead atoms. The van der Waals surface area contributed by atoms with Gasteiger partial charge in [0.1, 0.15) is 5.58 Å². The van der Waals surface area contributed by atoms with Crippen LogP contribution in [-0.4, -0.2) is 33.4 Å². The van der Waals surface area contributed by atoms with Gasteiger partial charge < -0.3 is 18.8 Å². The molecule has 30 heavy (non-hydrogen) atoms. The third kappa shape index (κ3) is 3.58. The lowest BCUT2D eigenvalue weighted by atomic mass is 9.86. The quantitative estimate of drug-likeness (QED) is 0.617. The zero-order valence-corrected chi connectivity index (χ0v) is 18.4. The van der Waals surface area contributed by atoms with Crippen LogP contribution < -0.4 is 15.1 Å².